The molecule has 2 aromatic rings. The van der Waals surface area contributed by atoms with Crippen LogP contribution in [-0.2, 0) is 22.6 Å². The summed E-state index contributed by atoms with van der Waals surface area (Å²) in [5.74, 6) is -0.624. The van der Waals surface area contributed by atoms with E-state index in [0.717, 1.165) is 11.1 Å². The Bertz CT molecular complexity index is 745. The largest absolute Gasteiger partial charge is 0.352 e. The van der Waals surface area contributed by atoms with Crippen molar-refractivity contribution in [2.24, 2.45) is 0 Å². The molecule has 0 aromatic heterocycles. The van der Waals surface area contributed by atoms with E-state index in [2.05, 4.69) is 5.32 Å². The fourth-order valence-electron chi connectivity index (χ4n) is 2.81. The van der Waals surface area contributed by atoms with Crippen molar-refractivity contribution in [2.45, 2.75) is 52.2 Å². The number of aryl methyl sites for hydroxylation is 1. The number of nitrogens with zero attached hydrogens (tertiary/aromatic N) is 1. The molecule has 2 rings (SSSR count). The first-order valence-electron chi connectivity index (χ1n) is 9.25. The van der Waals surface area contributed by atoms with Crippen LogP contribution in [0.2, 0.25) is 0 Å². The first kappa shape index (κ1) is 20.6. The van der Waals surface area contributed by atoms with Crippen LogP contribution in [0.25, 0.3) is 0 Å². The van der Waals surface area contributed by atoms with Crippen LogP contribution >= 0.6 is 0 Å². The zero-order valence-electron chi connectivity index (χ0n) is 16.1. The molecule has 0 aliphatic heterocycles. The predicted molar refractivity (Wildman–Crippen MR) is 104 cm³/mol. The Morgan fingerprint density at radius 3 is 2.19 bits per heavy atom. The summed E-state index contributed by atoms with van der Waals surface area (Å²) in [6.45, 7) is 5.75. The molecule has 0 heterocycles. The van der Waals surface area contributed by atoms with Crippen molar-refractivity contribution >= 4 is 11.8 Å². The number of benzene rings is 2. The summed E-state index contributed by atoms with van der Waals surface area (Å²) in [4.78, 5) is 26.9. The summed E-state index contributed by atoms with van der Waals surface area (Å²) in [7, 11) is 0. The lowest BCUT2D eigenvalue weighted by Gasteiger charge is -2.29. The lowest BCUT2D eigenvalue weighted by molar-refractivity contribution is -0.140. The standard InChI is InChI=1S/C22H27FN2O2/c1-16(2)24-22(27)17(3)25(15-19-9-12-20(23)13-10-19)21(26)14-11-18-7-5-4-6-8-18/h4-10,12-13,16-17H,11,14-15H2,1-3H3,(H,24,27)/t17-/m1/s1. The van der Waals surface area contributed by atoms with E-state index in [0.29, 0.717) is 12.8 Å². The number of halogens is 1. The maximum Gasteiger partial charge on any atom is 0.242 e. The molecular weight excluding hydrogens is 343 g/mol. The zero-order chi connectivity index (χ0) is 19.8. The van der Waals surface area contributed by atoms with Gasteiger partial charge in [-0.1, -0.05) is 42.5 Å². The van der Waals surface area contributed by atoms with E-state index in [1.54, 1.807) is 24.0 Å². The number of hydrogen-bond donors (Lipinski definition) is 1. The molecule has 0 bridgehead atoms. The van der Waals surface area contributed by atoms with Gasteiger partial charge in [0.1, 0.15) is 11.9 Å². The first-order chi connectivity index (χ1) is 12.9. The molecular formula is C22H27FN2O2. The van der Waals surface area contributed by atoms with E-state index in [9.17, 15) is 14.0 Å². The fourth-order valence-corrected chi connectivity index (χ4v) is 2.81. The van der Waals surface area contributed by atoms with Gasteiger partial charge in [0.2, 0.25) is 11.8 Å². The summed E-state index contributed by atoms with van der Waals surface area (Å²) in [6, 6.07) is 15.2. The van der Waals surface area contributed by atoms with Crippen LogP contribution in [0.1, 0.15) is 38.3 Å². The lowest BCUT2D eigenvalue weighted by Crippen LogP contribution is -2.49. The zero-order valence-corrected chi connectivity index (χ0v) is 16.1. The molecule has 1 N–H and O–H groups in total. The third kappa shape index (κ3) is 6.51. The second kappa shape index (κ2) is 9.86. The number of amides is 2. The highest BCUT2D eigenvalue weighted by Crippen LogP contribution is 2.14. The molecule has 2 amide bonds. The monoisotopic (exact) mass is 370 g/mol. The Morgan fingerprint density at radius 1 is 0.963 bits per heavy atom. The van der Waals surface area contributed by atoms with Crippen LogP contribution in [0.5, 0.6) is 0 Å². The first-order valence-corrected chi connectivity index (χ1v) is 9.25. The summed E-state index contributed by atoms with van der Waals surface area (Å²) in [5.41, 5.74) is 1.86. The van der Waals surface area contributed by atoms with Gasteiger partial charge in [-0.25, -0.2) is 4.39 Å². The van der Waals surface area contributed by atoms with Crippen molar-refractivity contribution in [2.75, 3.05) is 0 Å². The van der Waals surface area contributed by atoms with Crippen LogP contribution in [0.15, 0.2) is 54.6 Å². The molecule has 0 saturated heterocycles. The summed E-state index contributed by atoms with van der Waals surface area (Å²) < 4.78 is 13.2. The highest BCUT2D eigenvalue weighted by atomic mass is 19.1. The Kier molecular flexibility index (Phi) is 7.53. The molecule has 0 radical (unpaired) electrons. The summed E-state index contributed by atoms with van der Waals surface area (Å²) >= 11 is 0. The normalized spacial score (nSPS) is 11.9. The van der Waals surface area contributed by atoms with Gasteiger partial charge in [0, 0.05) is 19.0 Å². The van der Waals surface area contributed by atoms with Gasteiger partial charge < -0.3 is 10.2 Å². The average molecular weight is 370 g/mol. The number of rotatable bonds is 8. The van der Waals surface area contributed by atoms with E-state index < -0.39 is 6.04 Å². The quantitative estimate of drug-likeness (QED) is 0.770. The SMILES string of the molecule is CC(C)NC(=O)[C@@H](C)N(Cc1ccc(F)cc1)C(=O)CCc1ccccc1. The Labute approximate surface area is 160 Å². The van der Waals surface area contributed by atoms with Crippen molar-refractivity contribution < 1.29 is 14.0 Å². The minimum atomic E-state index is -0.610. The van der Waals surface area contributed by atoms with Gasteiger partial charge in [-0.05, 0) is 50.5 Å². The van der Waals surface area contributed by atoms with E-state index in [1.165, 1.54) is 12.1 Å². The van der Waals surface area contributed by atoms with Crippen LogP contribution in [0.4, 0.5) is 4.39 Å². The molecule has 2 aromatic carbocycles. The minimum Gasteiger partial charge on any atom is -0.352 e. The molecule has 4 nitrogen and oxygen atoms in total. The van der Waals surface area contributed by atoms with Gasteiger partial charge in [-0.3, -0.25) is 9.59 Å². The van der Waals surface area contributed by atoms with E-state index in [-0.39, 0.29) is 30.2 Å². The highest BCUT2D eigenvalue weighted by Gasteiger charge is 2.26. The smallest absolute Gasteiger partial charge is 0.242 e. The Morgan fingerprint density at radius 2 is 1.59 bits per heavy atom. The van der Waals surface area contributed by atoms with Gasteiger partial charge >= 0.3 is 0 Å². The predicted octanol–water partition coefficient (Wildman–Crippen LogP) is 3.70. The Hall–Kier alpha value is -2.69. The van der Waals surface area contributed by atoms with Crippen LogP contribution < -0.4 is 5.32 Å². The van der Waals surface area contributed by atoms with Crippen molar-refractivity contribution in [3.05, 3.63) is 71.5 Å². The van der Waals surface area contributed by atoms with E-state index >= 15 is 0 Å². The maximum atomic E-state index is 13.2. The van der Waals surface area contributed by atoms with Crippen LogP contribution in [0, 0.1) is 5.82 Å². The molecule has 0 spiro atoms. The molecule has 144 valence electrons. The van der Waals surface area contributed by atoms with Crippen molar-refractivity contribution in [3.63, 3.8) is 0 Å². The topological polar surface area (TPSA) is 49.4 Å². The molecule has 5 heteroatoms. The third-order valence-corrected chi connectivity index (χ3v) is 4.33. The maximum absolute atomic E-state index is 13.2. The average Bonchev–Trinajstić information content (AvgIpc) is 2.65. The number of nitrogens with one attached hydrogen (secondary N) is 1. The second-order valence-electron chi connectivity index (χ2n) is 6.97. The molecule has 27 heavy (non-hydrogen) atoms. The van der Waals surface area contributed by atoms with Gasteiger partial charge in [0.15, 0.2) is 0 Å². The number of carbonyl (C=O) groups is 2. The summed E-state index contributed by atoms with van der Waals surface area (Å²) in [6.07, 6.45) is 0.919. The molecule has 0 aliphatic rings. The van der Waals surface area contributed by atoms with E-state index in [4.69, 9.17) is 0 Å². The fraction of sp³-hybridized carbons (Fsp3) is 0.364. The van der Waals surface area contributed by atoms with Gasteiger partial charge in [-0.15, -0.1) is 0 Å². The number of carbonyl (C=O) groups excluding carboxylic acids is 2. The lowest BCUT2D eigenvalue weighted by atomic mass is 10.1. The van der Waals surface area contributed by atoms with Crippen molar-refractivity contribution in [1.29, 1.82) is 0 Å². The van der Waals surface area contributed by atoms with E-state index in [1.807, 2.05) is 44.2 Å². The van der Waals surface area contributed by atoms with Crippen molar-refractivity contribution in [3.8, 4) is 0 Å². The molecule has 0 unspecified atom stereocenters. The van der Waals surface area contributed by atoms with Gasteiger partial charge in [-0.2, -0.15) is 0 Å². The highest BCUT2D eigenvalue weighted by molar-refractivity contribution is 5.87. The van der Waals surface area contributed by atoms with Crippen LogP contribution in [0.3, 0.4) is 0 Å². The molecule has 0 fully saturated rings. The van der Waals surface area contributed by atoms with Crippen molar-refractivity contribution in [1.82, 2.24) is 10.2 Å². The molecule has 1 atom stereocenters. The second-order valence-corrected chi connectivity index (χ2v) is 6.97. The van der Waals surface area contributed by atoms with Gasteiger partial charge in [0.25, 0.3) is 0 Å². The number of hydrogen-bond acceptors (Lipinski definition) is 2. The summed E-state index contributed by atoms with van der Waals surface area (Å²) in [5, 5.41) is 2.85. The molecule has 0 saturated carbocycles. The minimum absolute atomic E-state index is 0.00737. The Balaban J connectivity index is 2.12. The van der Waals surface area contributed by atoms with Gasteiger partial charge in [0.05, 0.1) is 0 Å². The third-order valence-electron chi connectivity index (χ3n) is 4.33. The molecule has 0 aliphatic carbocycles. The van der Waals surface area contributed by atoms with Crippen LogP contribution in [-0.4, -0.2) is 28.8 Å².